The van der Waals surface area contributed by atoms with Gasteiger partial charge in [0.2, 0.25) is 0 Å². The van der Waals surface area contributed by atoms with Gasteiger partial charge in [-0.1, -0.05) is 18.2 Å². The Morgan fingerprint density at radius 1 is 1.09 bits per heavy atom. The van der Waals surface area contributed by atoms with E-state index in [2.05, 4.69) is 30.6 Å². The van der Waals surface area contributed by atoms with Gasteiger partial charge >= 0.3 is 0 Å². The van der Waals surface area contributed by atoms with E-state index in [0.29, 0.717) is 24.5 Å². The predicted molar refractivity (Wildman–Crippen MR) is 135 cm³/mol. The summed E-state index contributed by atoms with van der Waals surface area (Å²) in [6.07, 6.45) is 5.00. The van der Waals surface area contributed by atoms with Crippen LogP contribution in [0.2, 0.25) is 0 Å². The van der Waals surface area contributed by atoms with Crippen LogP contribution in [-0.4, -0.2) is 38.9 Å². The second-order valence-electron chi connectivity index (χ2n) is 8.02. The lowest BCUT2D eigenvalue weighted by molar-refractivity contribution is 0.0957. The maximum atomic E-state index is 12.5. The van der Waals surface area contributed by atoms with Crippen molar-refractivity contribution in [1.29, 1.82) is 0 Å². The van der Waals surface area contributed by atoms with Crippen LogP contribution in [-0.2, 0) is 4.75 Å². The molecule has 1 aromatic carbocycles. The zero-order valence-corrected chi connectivity index (χ0v) is 19.7. The minimum Gasteiger partial charge on any atom is -0.368 e. The van der Waals surface area contributed by atoms with Crippen molar-refractivity contribution in [1.82, 2.24) is 25.3 Å². The summed E-state index contributed by atoms with van der Waals surface area (Å²) in [4.78, 5) is 30.1. The van der Waals surface area contributed by atoms with Crippen molar-refractivity contribution in [2.45, 2.75) is 25.5 Å². The number of benzene rings is 1. The molecule has 168 valence electrons. The summed E-state index contributed by atoms with van der Waals surface area (Å²) >= 11 is 4.96. The number of anilines is 1. The lowest BCUT2D eigenvalue weighted by atomic mass is 9.95. The predicted octanol–water partition coefficient (Wildman–Crippen LogP) is 4.40. The third kappa shape index (κ3) is 4.96. The van der Waals surface area contributed by atoms with Gasteiger partial charge in [0, 0.05) is 48.2 Å². The summed E-state index contributed by atoms with van der Waals surface area (Å²) in [6, 6.07) is 13.4. The number of nitrogens with zero attached hydrogens (tertiary/aromatic N) is 4. The molecular formula is C25H26N6OS. The number of amides is 1. The van der Waals surface area contributed by atoms with Crippen LogP contribution in [0.15, 0.2) is 61.2 Å². The molecule has 1 atom stereocenters. The van der Waals surface area contributed by atoms with Crippen molar-refractivity contribution in [3.05, 3.63) is 78.0 Å². The Hall–Kier alpha value is -3.52. The van der Waals surface area contributed by atoms with Crippen molar-refractivity contribution >= 4 is 35.3 Å². The molecule has 4 aromatic rings. The highest BCUT2D eigenvalue weighted by Crippen LogP contribution is 2.34. The summed E-state index contributed by atoms with van der Waals surface area (Å²) < 4.78 is -0.580. The molecule has 33 heavy (non-hydrogen) atoms. The third-order valence-corrected chi connectivity index (χ3v) is 5.82. The molecule has 0 spiro atoms. The number of fused-ring (bicyclic) bond motifs is 1. The summed E-state index contributed by atoms with van der Waals surface area (Å²) in [7, 11) is 0. The number of hydrogen-bond acceptors (Lipinski definition) is 7. The number of hydrogen-bond donors (Lipinski definition) is 3. The van der Waals surface area contributed by atoms with Crippen LogP contribution in [0.1, 0.15) is 35.5 Å². The smallest absolute Gasteiger partial charge is 0.252 e. The fraction of sp³-hybridized carbons (Fsp3) is 0.240. The highest BCUT2D eigenvalue weighted by molar-refractivity contribution is 7.81. The average molecular weight is 459 g/mol. The molecule has 4 rings (SSSR count). The number of carbonyl (C=O) groups is 1. The Balaban J connectivity index is 1.60. The monoisotopic (exact) mass is 458 g/mol. The van der Waals surface area contributed by atoms with Crippen LogP contribution in [0, 0.1) is 6.92 Å². The Bertz CT molecular complexity index is 1290. The van der Waals surface area contributed by atoms with Crippen LogP contribution >= 0.6 is 12.6 Å². The third-order valence-electron chi connectivity index (χ3n) is 5.42. The van der Waals surface area contributed by atoms with Crippen molar-refractivity contribution in [3.8, 4) is 11.3 Å². The topological polar surface area (TPSA) is 92.7 Å². The molecule has 8 heteroatoms. The molecule has 0 saturated heterocycles. The SMILES string of the molecule is CCNC(=O)c1ccnc2c([C@](C)(S)CNc3cc(-c4ccc(C)nc4)ncn3)cccc12. The lowest BCUT2D eigenvalue weighted by Crippen LogP contribution is -2.27. The molecule has 0 unspecified atom stereocenters. The first-order chi connectivity index (χ1) is 15.9. The van der Waals surface area contributed by atoms with E-state index in [0.717, 1.165) is 33.4 Å². The second kappa shape index (κ2) is 9.54. The van der Waals surface area contributed by atoms with Crippen molar-refractivity contribution < 1.29 is 4.79 Å². The number of nitrogens with one attached hydrogen (secondary N) is 2. The minimum atomic E-state index is -0.580. The van der Waals surface area contributed by atoms with E-state index in [1.807, 2.05) is 57.2 Å². The molecule has 3 heterocycles. The summed E-state index contributed by atoms with van der Waals surface area (Å²) in [6.45, 7) is 6.92. The van der Waals surface area contributed by atoms with Gasteiger partial charge in [0.25, 0.3) is 5.91 Å². The molecule has 0 fully saturated rings. The van der Waals surface area contributed by atoms with Gasteiger partial charge in [-0.2, -0.15) is 12.6 Å². The number of pyridine rings is 2. The van der Waals surface area contributed by atoms with Gasteiger partial charge < -0.3 is 10.6 Å². The van der Waals surface area contributed by atoms with Crippen molar-refractivity contribution in [2.75, 3.05) is 18.4 Å². The van der Waals surface area contributed by atoms with Crippen molar-refractivity contribution in [3.63, 3.8) is 0 Å². The van der Waals surface area contributed by atoms with Gasteiger partial charge in [-0.25, -0.2) is 9.97 Å². The Morgan fingerprint density at radius 3 is 2.70 bits per heavy atom. The minimum absolute atomic E-state index is 0.111. The molecule has 1 amide bonds. The molecule has 3 aromatic heterocycles. The first-order valence-corrected chi connectivity index (χ1v) is 11.2. The van der Waals surface area contributed by atoms with E-state index in [-0.39, 0.29) is 5.91 Å². The largest absolute Gasteiger partial charge is 0.368 e. The second-order valence-corrected chi connectivity index (χ2v) is 9.01. The van der Waals surface area contributed by atoms with E-state index < -0.39 is 4.75 Å². The highest BCUT2D eigenvalue weighted by atomic mass is 32.1. The van der Waals surface area contributed by atoms with Crippen LogP contribution in [0.4, 0.5) is 5.82 Å². The summed E-state index contributed by atoms with van der Waals surface area (Å²) in [5, 5.41) is 7.04. The van der Waals surface area contributed by atoms with E-state index in [1.54, 1.807) is 18.5 Å². The van der Waals surface area contributed by atoms with Gasteiger partial charge in [0.05, 0.1) is 21.5 Å². The molecule has 0 radical (unpaired) electrons. The van der Waals surface area contributed by atoms with Crippen LogP contribution < -0.4 is 10.6 Å². The maximum Gasteiger partial charge on any atom is 0.252 e. The molecule has 0 saturated carbocycles. The standard InChI is InChI=1S/C25H26N6OS/c1-4-26-24(32)19-10-11-27-23-18(19)6-5-7-20(23)25(3,33)14-29-22-12-21(30-15-31-22)17-9-8-16(2)28-13-17/h5-13,15,33H,4,14H2,1-3H3,(H,26,32)(H,29,30,31)/t25-/m1/s1. The number of aryl methyl sites for hydroxylation is 1. The number of aromatic nitrogens is 4. The molecule has 0 aliphatic heterocycles. The van der Waals surface area contributed by atoms with Crippen LogP contribution in [0.5, 0.6) is 0 Å². The molecule has 0 aliphatic rings. The highest BCUT2D eigenvalue weighted by Gasteiger charge is 2.26. The quantitative estimate of drug-likeness (QED) is 0.356. The molecule has 0 aliphatic carbocycles. The average Bonchev–Trinajstić information content (AvgIpc) is 2.83. The molecule has 0 bridgehead atoms. The van der Waals surface area contributed by atoms with Gasteiger partial charge in [-0.3, -0.25) is 14.8 Å². The summed E-state index contributed by atoms with van der Waals surface area (Å²) in [5.41, 5.74) is 4.97. The van der Waals surface area contributed by atoms with Gasteiger partial charge in [0.1, 0.15) is 12.1 Å². The number of thiol groups is 1. The maximum absolute atomic E-state index is 12.5. The fourth-order valence-electron chi connectivity index (χ4n) is 3.65. The Morgan fingerprint density at radius 2 is 1.94 bits per heavy atom. The van der Waals surface area contributed by atoms with Gasteiger partial charge in [-0.05, 0) is 44.5 Å². The van der Waals surface area contributed by atoms with E-state index in [9.17, 15) is 4.79 Å². The van der Waals surface area contributed by atoms with Crippen LogP contribution in [0.3, 0.4) is 0 Å². The summed E-state index contributed by atoms with van der Waals surface area (Å²) in [5.74, 6) is 0.581. The zero-order chi connectivity index (χ0) is 23.4. The number of rotatable bonds is 7. The fourth-order valence-corrected chi connectivity index (χ4v) is 3.91. The van der Waals surface area contributed by atoms with E-state index >= 15 is 0 Å². The van der Waals surface area contributed by atoms with Gasteiger partial charge in [-0.15, -0.1) is 0 Å². The Labute approximate surface area is 198 Å². The van der Waals surface area contributed by atoms with E-state index in [4.69, 9.17) is 12.6 Å². The van der Waals surface area contributed by atoms with Crippen LogP contribution in [0.25, 0.3) is 22.2 Å². The molecular weight excluding hydrogens is 432 g/mol. The lowest BCUT2D eigenvalue weighted by Gasteiger charge is -2.26. The van der Waals surface area contributed by atoms with Gasteiger partial charge in [0.15, 0.2) is 0 Å². The number of carbonyl (C=O) groups excluding carboxylic acids is 1. The molecule has 2 N–H and O–H groups in total. The van der Waals surface area contributed by atoms with E-state index in [1.165, 1.54) is 6.33 Å². The Kier molecular flexibility index (Phi) is 6.55. The zero-order valence-electron chi connectivity index (χ0n) is 18.8. The number of para-hydroxylation sites is 1. The normalized spacial score (nSPS) is 12.8. The molecule has 7 nitrogen and oxygen atoms in total. The first-order valence-electron chi connectivity index (χ1n) is 10.8. The van der Waals surface area contributed by atoms with Crippen molar-refractivity contribution in [2.24, 2.45) is 0 Å². The first kappa shape index (κ1) is 22.7.